The summed E-state index contributed by atoms with van der Waals surface area (Å²) < 4.78 is 16.1. The van der Waals surface area contributed by atoms with Crippen molar-refractivity contribution in [3.8, 4) is 28.5 Å². The fourth-order valence-corrected chi connectivity index (χ4v) is 3.59. The summed E-state index contributed by atoms with van der Waals surface area (Å²) in [4.78, 5) is 17.9. The standard InChI is InChI=1S/C25H20N2O4/c1-29-18-9-6-16(7-10-18)14-26-25(28)20-13-22(27-21-5-3-2-4-19(20)21)17-8-11-23-24(12-17)31-15-30-23/h2-13H,14-15H2,1H3,(H,26,28). The van der Waals surface area contributed by atoms with E-state index in [1.807, 2.05) is 72.8 Å². The fourth-order valence-electron chi connectivity index (χ4n) is 3.59. The number of nitrogens with one attached hydrogen (secondary N) is 1. The van der Waals surface area contributed by atoms with Gasteiger partial charge in [0, 0.05) is 17.5 Å². The molecule has 1 amide bonds. The highest BCUT2D eigenvalue weighted by Gasteiger charge is 2.17. The minimum absolute atomic E-state index is 0.156. The molecule has 6 heteroatoms. The number of aromatic nitrogens is 1. The van der Waals surface area contributed by atoms with Gasteiger partial charge in [0.15, 0.2) is 11.5 Å². The first-order chi connectivity index (χ1) is 15.2. The van der Waals surface area contributed by atoms with Gasteiger partial charge >= 0.3 is 0 Å². The Kier molecular flexibility index (Phi) is 4.88. The second-order valence-electron chi connectivity index (χ2n) is 7.17. The van der Waals surface area contributed by atoms with Gasteiger partial charge in [-0.05, 0) is 48.0 Å². The van der Waals surface area contributed by atoms with Gasteiger partial charge in [-0.25, -0.2) is 4.98 Å². The van der Waals surface area contributed by atoms with Crippen molar-refractivity contribution in [3.05, 3.63) is 83.9 Å². The Bertz CT molecular complexity index is 1270. The average molecular weight is 412 g/mol. The van der Waals surface area contributed by atoms with E-state index in [1.165, 1.54) is 0 Å². The van der Waals surface area contributed by atoms with E-state index in [-0.39, 0.29) is 12.7 Å². The van der Waals surface area contributed by atoms with Crippen molar-refractivity contribution in [2.45, 2.75) is 6.54 Å². The molecular weight excluding hydrogens is 392 g/mol. The Morgan fingerprint density at radius 2 is 1.81 bits per heavy atom. The monoisotopic (exact) mass is 412 g/mol. The Labute approximate surface area is 179 Å². The molecule has 1 N–H and O–H groups in total. The van der Waals surface area contributed by atoms with Crippen molar-refractivity contribution in [2.24, 2.45) is 0 Å². The zero-order valence-corrected chi connectivity index (χ0v) is 16.9. The molecule has 31 heavy (non-hydrogen) atoms. The third-order valence-electron chi connectivity index (χ3n) is 5.24. The molecule has 2 heterocycles. The predicted octanol–water partition coefficient (Wildman–Crippen LogP) is 4.57. The van der Waals surface area contributed by atoms with E-state index in [4.69, 9.17) is 19.2 Å². The third kappa shape index (κ3) is 3.75. The first-order valence-electron chi connectivity index (χ1n) is 9.92. The number of nitrogens with zero attached hydrogens (tertiary/aromatic N) is 1. The molecule has 1 aliphatic rings. The van der Waals surface area contributed by atoms with E-state index >= 15 is 0 Å². The maximum Gasteiger partial charge on any atom is 0.252 e. The maximum absolute atomic E-state index is 13.1. The predicted molar refractivity (Wildman–Crippen MR) is 117 cm³/mol. The van der Waals surface area contributed by atoms with E-state index in [0.29, 0.717) is 29.3 Å². The molecule has 0 bridgehead atoms. The molecule has 0 aliphatic carbocycles. The number of rotatable bonds is 5. The first kappa shape index (κ1) is 18.9. The van der Waals surface area contributed by atoms with E-state index < -0.39 is 0 Å². The summed E-state index contributed by atoms with van der Waals surface area (Å²) >= 11 is 0. The summed E-state index contributed by atoms with van der Waals surface area (Å²) in [5, 5.41) is 3.82. The van der Waals surface area contributed by atoms with Crippen LogP contribution < -0.4 is 19.5 Å². The van der Waals surface area contributed by atoms with Gasteiger partial charge in [-0.3, -0.25) is 4.79 Å². The summed E-state index contributed by atoms with van der Waals surface area (Å²) in [6, 6.07) is 22.7. The van der Waals surface area contributed by atoms with E-state index in [1.54, 1.807) is 7.11 Å². The number of methoxy groups -OCH3 is 1. The molecule has 0 radical (unpaired) electrons. The summed E-state index contributed by atoms with van der Waals surface area (Å²) in [5.41, 5.74) is 3.88. The van der Waals surface area contributed by atoms with Crippen molar-refractivity contribution >= 4 is 16.8 Å². The lowest BCUT2D eigenvalue weighted by molar-refractivity contribution is 0.0952. The van der Waals surface area contributed by atoms with Crippen LogP contribution in [0.15, 0.2) is 72.8 Å². The van der Waals surface area contributed by atoms with Gasteiger partial charge in [-0.15, -0.1) is 0 Å². The van der Waals surface area contributed by atoms with Crippen LogP contribution in [0.4, 0.5) is 0 Å². The molecule has 0 saturated heterocycles. The van der Waals surface area contributed by atoms with Crippen LogP contribution in [0.5, 0.6) is 17.2 Å². The number of carbonyl (C=O) groups excluding carboxylic acids is 1. The highest BCUT2D eigenvalue weighted by Crippen LogP contribution is 2.36. The third-order valence-corrected chi connectivity index (χ3v) is 5.24. The Morgan fingerprint density at radius 3 is 2.65 bits per heavy atom. The van der Waals surface area contributed by atoms with Gasteiger partial charge in [-0.2, -0.15) is 0 Å². The second-order valence-corrected chi connectivity index (χ2v) is 7.17. The Morgan fingerprint density at radius 1 is 1.00 bits per heavy atom. The van der Waals surface area contributed by atoms with Crippen molar-refractivity contribution in [3.63, 3.8) is 0 Å². The van der Waals surface area contributed by atoms with Gasteiger partial charge in [-0.1, -0.05) is 30.3 Å². The van der Waals surface area contributed by atoms with Crippen LogP contribution in [-0.4, -0.2) is 24.8 Å². The largest absolute Gasteiger partial charge is 0.497 e. The molecular formula is C25H20N2O4. The lowest BCUT2D eigenvalue weighted by Gasteiger charge is -2.11. The summed E-state index contributed by atoms with van der Waals surface area (Å²) in [5.74, 6) is 2.01. The van der Waals surface area contributed by atoms with Crippen LogP contribution >= 0.6 is 0 Å². The van der Waals surface area contributed by atoms with E-state index in [9.17, 15) is 4.79 Å². The van der Waals surface area contributed by atoms with Crippen LogP contribution in [0.2, 0.25) is 0 Å². The molecule has 1 aliphatic heterocycles. The molecule has 0 saturated carbocycles. The average Bonchev–Trinajstić information content (AvgIpc) is 3.30. The smallest absolute Gasteiger partial charge is 0.252 e. The highest BCUT2D eigenvalue weighted by atomic mass is 16.7. The number of fused-ring (bicyclic) bond motifs is 2. The van der Waals surface area contributed by atoms with E-state index in [0.717, 1.165) is 27.8 Å². The summed E-state index contributed by atoms with van der Waals surface area (Å²) in [6.07, 6.45) is 0. The van der Waals surface area contributed by atoms with Crippen LogP contribution in [0.1, 0.15) is 15.9 Å². The normalized spacial score (nSPS) is 12.0. The van der Waals surface area contributed by atoms with Crippen LogP contribution in [-0.2, 0) is 6.54 Å². The highest BCUT2D eigenvalue weighted by molar-refractivity contribution is 6.07. The number of ether oxygens (including phenoxy) is 3. The van der Waals surface area contributed by atoms with Crippen molar-refractivity contribution in [1.82, 2.24) is 10.3 Å². The van der Waals surface area contributed by atoms with Crippen LogP contribution in [0.3, 0.4) is 0 Å². The zero-order chi connectivity index (χ0) is 21.2. The first-order valence-corrected chi connectivity index (χ1v) is 9.92. The number of hydrogen-bond acceptors (Lipinski definition) is 5. The summed E-state index contributed by atoms with van der Waals surface area (Å²) in [7, 11) is 1.63. The van der Waals surface area contributed by atoms with Gasteiger partial charge < -0.3 is 19.5 Å². The van der Waals surface area contributed by atoms with Crippen molar-refractivity contribution in [2.75, 3.05) is 13.9 Å². The Balaban J connectivity index is 1.47. The molecule has 0 spiro atoms. The molecule has 0 fully saturated rings. The van der Waals surface area contributed by atoms with Crippen LogP contribution in [0.25, 0.3) is 22.2 Å². The lowest BCUT2D eigenvalue weighted by Crippen LogP contribution is -2.23. The molecule has 5 rings (SSSR count). The quantitative estimate of drug-likeness (QED) is 0.520. The minimum Gasteiger partial charge on any atom is -0.497 e. The van der Waals surface area contributed by atoms with Gasteiger partial charge in [0.05, 0.1) is 23.9 Å². The molecule has 3 aromatic carbocycles. The minimum atomic E-state index is -0.156. The lowest BCUT2D eigenvalue weighted by atomic mass is 10.0. The summed E-state index contributed by atoms with van der Waals surface area (Å²) in [6.45, 7) is 0.627. The van der Waals surface area contributed by atoms with Crippen molar-refractivity contribution in [1.29, 1.82) is 0 Å². The Hall–Kier alpha value is -4.06. The maximum atomic E-state index is 13.1. The molecule has 6 nitrogen and oxygen atoms in total. The topological polar surface area (TPSA) is 69.7 Å². The van der Waals surface area contributed by atoms with Crippen LogP contribution in [0, 0.1) is 0 Å². The number of para-hydroxylation sites is 1. The van der Waals surface area contributed by atoms with Gasteiger partial charge in [0.25, 0.3) is 5.91 Å². The molecule has 0 unspecified atom stereocenters. The molecule has 0 atom stereocenters. The molecule has 154 valence electrons. The number of benzene rings is 3. The van der Waals surface area contributed by atoms with E-state index in [2.05, 4.69) is 5.32 Å². The number of pyridine rings is 1. The van der Waals surface area contributed by atoms with Gasteiger partial charge in [0.1, 0.15) is 5.75 Å². The number of hydrogen-bond donors (Lipinski definition) is 1. The fraction of sp³-hybridized carbons (Fsp3) is 0.120. The van der Waals surface area contributed by atoms with Gasteiger partial charge in [0.2, 0.25) is 6.79 Å². The second kappa shape index (κ2) is 7.99. The number of carbonyl (C=O) groups is 1. The SMILES string of the molecule is COc1ccc(CNC(=O)c2cc(-c3ccc4c(c3)OCO4)nc3ccccc23)cc1. The molecule has 4 aromatic rings. The number of amides is 1. The van der Waals surface area contributed by atoms with Crippen molar-refractivity contribution < 1.29 is 19.0 Å². The zero-order valence-electron chi connectivity index (χ0n) is 16.9. The molecule has 1 aromatic heterocycles.